The molecule has 2 N–H and O–H groups in total. The van der Waals surface area contributed by atoms with E-state index in [0.29, 0.717) is 17.9 Å². The van der Waals surface area contributed by atoms with E-state index in [1.807, 2.05) is 36.4 Å². The second kappa shape index (κ2) is 8.86. The Kier molecular flexibility index (Phi) is 6.29. The number of aliphatic hydroxyl groups excluding tert-OH is 1. The van der Waals surface area contributed by atoms with Gasteiger partial charge in [0.15, 0.2) is 0 Å². The van der Waals surface area contributed by atoms with Crippen molar-refractivity contribution in [1.29, 1.82) is 0 Å². The van der Waals surface area contributed by atoms with Crippen molar-refractivity contribution in [3.63, 3.8) is 0 Å². The van der Waals surface area contributed by atoms with Crippen LogP contribution in [0, 0.1) is 5.92 Å². The largest absolute Gasteiger partial charge is 0.489 e. The highest BCUT2D eigenvalue weighted by Gasteiger charge is 2.36. The zero-order chi connectivity index (χ0) is 18.4. The average molecular weight is 354 g/mol. The van der Waals surface area contributed by atoms with Crippen molar-refractivity contribution in [2.75, 3.05) is 0 Å². The van der Waals surface area contributed by atoms with E-state index in [1.165, 1.54) is 0 Å². The average Bonchev–Trinajstić information content (AvgIpc) is 2.68. The van der Waals surface area contributed by atoms with Crippen LogP contribution in [0.5, 0.6) is 5.75 Å². The summed E-state index contributed by atoms with van der Waals surface area (Å²) in [5.74, 6) is -1.41. The summed E-state index contributed by atoms with van der Waals surface area (Å²) in [7, 11) is 0. The summed E-state index contributed by atoms with van der Waals surface area (Å²) in [6.45, 7) is 0.365. The molecule has 0 amide bonds. The van der Waals surface area contributed by atoms with Crippen LogP contribution < -0.4 is 4.74 Å². The fourth-order valence-corrected chi connectivity index (χ4v) is 3.82. The van der Waals surface area contributed by atoms with Gasteiger partial charge in [0.25, 0.3) is 0 Å². The topological polar surface area (TPSA) is 66.8 Å². The van der Waals surface area contributed by atoms with Gasteiger partial charge in [0.1, 0.15) is 18.3 Å². The lowest BCUT2D eigenvalue weighted by molar-refractivity contribution is -0.143. The van der Waals surface area contributed by atoms with E-state index < -0.39 is 18.0 Å². The molecule has 1 aliphatic carbocycles. The number of aliphatic carboxylic acids is 1. The zero-order valence-electron chi connectivity index (χ0n) is 14.9. The highest BCUT2D eigenvalue weighted by molar-refractivity contribution is 5.78. The molecule has 0 aliphatic heterocycles. The van der Waals surface area contributed by atoms with Crippen LogP contribution in [0.4, 0.5) is 0 Å². The molecule has 0 heterocycles. The normalized spacial score (nSPS) is 17.4. The highest BCUT2D eigenvalue weighted by Crippen LogP contribution is 2.37. The molecule has 1 fully saturated rings. The van der Waals surface area contributed by atoms with Gasteiger partial charge in [-0.2, -0.15) is 0 Å². The van der Waals surface area contributed by atoms with Crippen molar-refractivity contribution in [3.05, 3.63) is 65.7 Å². The van der Waals surface area contributed by atoms with E-state index in [2.05, 4.69) is 0 Å². The molecule has 2 aromatic rings. The summed E-state index contributed by atoms with van der Waals surface area (Å²) in [5.41, 5.74) is 1.57. The van der Waals surface area contributed by atoms with Crippen LogP contribution in [-0.4, -0.2) is 22.3 Å². The molecule has 0 saturated heterocycles. The molecule has 1 aliphatic rings. The number of rotatable bonds is 7. The molecule has 0 radical (unpaired) electrons. The van der Waals surface area contributed by atoms with Crippen LogP contribution in [0.15, 0.2) is 54.6 Å². The molecule has 138 valence electrons. The Morgan fingerprint density at radius 3 is 2.35 bits per heavy atom. The van der Waals surface area contributed by atoms with Gasteiger partial charge in [-0.05, 0) is 30.4 Å². The third kappa shape index (κ3) is 4.44. The number of aliphatic hydroxyl groups is 1. The minimum atomic E-state index is -1.00. The van der Waals surface area contributed by atoms with Crippen molar-refractivity contribution in [3.8, 4) is 5.75 Å². The van der Waals surface area contributed by atoms with Gasteiger partial charge in [0, 0.05) is 5.56 Å². The maximum absolute atomic E-state index is 12.0. The van der Waals surface area contributed by atoms with Crippen LogP contribution in [0.2, 0.25) is 0 Å². The molecule has 3 rings (SSSR count). The SMILES string of the molecule is O=C(O)C(c1ccccc1OCc1ccccc1)C(O)C1CCCCC1. The number of para-hydroxylation sites is 1. The van der Waals surface area contributed by atoms with Gasteiger partial charge < -0.3 is 14.9 Å². The Labute approximate surface area is 154 Å². The summed E-state index contributed by atoms with van der Waals surface area (Å²) in [4.78, 5) is 12.0. The highest BCUT2D eigenvalue weighted by atomic mass is 16.5. The van der Waals surface area contributed by atoms with Gasteiger partial charge in [-0.25, -0.2) is 0 Å². The molecule has 4 heteroatoms. The monoisotopic (exact) mass is 354 g/mol. The van der Waals surface area contributed by atoms with E-state index >= 15 is 0 Å². The van der Waals surface area contributed by atoms with E-state index in [1.54, 1.807) is 18.2 Å². The molecule has 0 spiro atoms. The number of carboxylic acids is 1. The number of carboxylic acid groups (broad SMARTS) is 1. The quantitative estimate of drug-likeness (QED) is 0.774. The van der Waals surface area contributed by atoms with E-state index in [9.17, 15) is 15.0 Å². The molecule has 2 atom stereocenters. The Hall–Kier alpha value is -2.33. The lowest BCUT2D eigenvalue weighted by atomic mass is 9.78. The van der Waals surface area contributed by atoms with Crippen molar-refractivity contribution in [2.24, 2.45) is 5.92 Å². The molecule has 2 unspecified atom stereocenters. The van der Waals surface area contributed by atoms with Gasteiger partial charge in [0.05, 0.1) is 6.10 Å². The molecule has 2 aromatic carbocycles. The number of carbonyl (C=O) groups is 1. The zero-order valence-corrected chi connectivity index (χ0v) is 14.9. The number of hydrogen-bond acceptors (Lipinski definition) is 3. The lowest BCUT2D eigenvalue weighted by Gasteiger charge is -2.31. The second-order valence-corrected chi connectivity index (χ2v) is 7.02. The van der Waals surface area contributed by atoms with E-state index in [4.69, 9.17) is 4.74 Å². The first-order chi connectivity index (χ1) is 12.7. The Morgan fingerprint density at radius 2 is 1.65 bits per heavy atom. The van der Waals surface area contributed by atoms with E-state index in [-0.39, 0.29) is 5.92 Å². The minimum absolute atomic E-state index is 0.0343. The van der Waals surface area contributed by atoms with Gasteiger partial charge in [-0.3, -0.25) is 4.79 Å². The van der Waals surface area contributed by atoms with Crippen LogP contribution in [-0.2, 0) is 11.4 Å². The first-order valence-corrected chi connectivity index (χ1v) is 9.33. The summed E-state index contributed by atoms with van der Waals surface area (Å²) in [6.07, 6.45) is 4.16. The Balaban J connectivity index is 1.81. The van der Waals surface area contributed by atoms with Crippen LogP contribution in [0.25, 0.3) is 0 Å². The number of benzene rings is 2. The maximum atomic E-state index is 12.0. The number of hydrogen-bond donors (Lipinski definition) is 2. The van der Waals surface area contributed by atoms with Crippen molar-refractivity contribution in [2.45, 2.75) is 50.7 Å². The summed E-state index contributed by atoms with van der Waals surface area (Å²) in [6, 6.07) is 16.9. The Bertz CT molecular complexity index is 707. The molecule has 26 heavy (non-hydrogen) atoms. The Morgan fingerprint density at radius 1 is 1.00 bits per heavy atom. The van der Waals surface area contributed by atoms with Gasteiger partial charge in [0.2, 0.25) is 0 Å². The first-order valence-electron chi connectivity index (χ1n) is 9.33. The number of ether oxygens (including phenoxy) is 1. The fourth-order valence-electron chi connectivity index (χ4n) is 3.82. The van der Waals surface area contributed by atoms with Gasteiger partial charge >= 0.3 is 5.97 Å². The molecule has 0 bridgehead atoms. The maximum Gasteiger partial charge on any atom is 0.313 e. The van der Waals surface area contributed by atoms with Gasteiger partial charge in [-0.15, -0.1) is 0 Å². The van der Waals surface area contributed by atoms with Crippen molar-refractivity contribution >= 4 is 5.97 Å². The third-order valence-corrected chi connectivity index (χ3v) is 5.23. The van der Waals surface area contributed by atoms with Crippen LogP contribution in [0.1, 0.15) is 49.1 Å². The fraction of sp³-hybridized carbons (Fsp3) is 0.409. The first kappa shape index (κ1) is 18.5. The minimum Gasteiger partial charge on any atom is -0.489 e. The predicted molar refractivity (Wildman–Crippen MR) is 100 cm³/mol. The summed E-state index contributed by atoms with van der Waals surface area (Å²) >= 11 is 0. The molecule has 4 nitrogen and oxygen atoms in total. The smallest absolute Gasteiger partial charge is 0.313 e. The van der Waals surface area contributed by atoms with Crippen molar-refractivity contribution in [1.82, 2.24) is 0 Å². The van der Waals surface area contributed by atoms with Crippen molar-refractivity contribution < 1.29 is 19.7 Å². The molecular formula is C22H26O4. The summed E-state index contributed by atoms with van der Waals surface area (Å²) in [5, 5.41) is 20.7. The third-order valence-electron chi connectivity index (χ3n) is 5.23. The summed E-state index contributed by atoms with van der Waals surface area (Å²) < 4.78 is 5.92. The predicted octanol–water partition coefficient (Wildman–Crippen LogP) is 4.38. The lowest BCUT2D eigenvalue weighted by Crippen LogP contribution is -2.34. The molecule has 1 saturated carbocycles. The molecular weight excluding hydrogens is 328 g/mol. The standard InChI is InChI=1S/C22H26O4/c23-21(17-11-5-2-6-12-17)20(22(24)25)18-13-7-8-14-19(18)26-15-16-9-3-1-4-10-16/h1,3-4,7-10,13-14,17,20-21,23H,2,5-6,11-12,15H2,(H,24,25). The van der Waals surface area contributed by atoms with Crippen LogP contribution in [0.3, 0.4) is 0 Å². The molecule has 0 aromatic heterocycles. The van der Waals surface area contributed by atoms with E-state index in [0.717, 1.165) is 37.7 Å². The van der Waals surface area contributed by atoms with Crippen LogP contribution >= 0.6 is 0 Å². The second-order valence-electron chi connectivity index (χ2n) is 7.02. The van der Waals surface area contributed by atoms with Gasteiger partial charge in [-0.1, -0.05) is 67.8 Å².